The van der Waals surface area contributed by atoms with Crippen molar-refractivity contribution in [2.75, 3.05) is 25.2 Å². The molecule has 0 aliphatic carbocycles. The van der Waals surface area contributed by atoms with E-state index in [1.54, 1.807) is 42.5 Å². The fourth-order valence-electron chi connectivity index (χ4n) is 3.01. The van der Waals surface area contributed by atoms with Crippen LogP contribution in [0, 0.1) is 0 Å². The number of hydrogen-bond acceptors (Lipinski definition) is 8. The van der Waals surface area contributed by atoms with E-state index in [1.807, 2.05) is 6.26 Å². The fourth-order valence-corrected chi connectivity index (χ4v) is 3.70. The molecule has 3 amide bonds. The van der Waals surface area contributed by atoms with Gasteiger partial charge in [0.15, 0.2) is 18.1 Å². The van der Waals surface area contributed by atoms with E-state index >= 15 is 0 Å². The van der Waals surface area contributed by atoms with Crippen LogP contribution in [0.5, 0.6) is 11.5 Å². The van der Waals surface area contributed by atoms with E-state index in [0.717, 1.165) is 0 Å². The SMILES string of the molecule is CSCC[C@@H](NC(=O)c1ccccc1Cl)C(=O)OCC(=O)NC(=O)[C@@H]1COc2ccccc2O1. The topological polar surface area (TPSA) is 120 Å². The van der Waals surface area contributed by atoms with Crippen LogP contribution in [-0.2, 0) is 19.1 Å². The van der Waals surface area contributed by atoms with Crippen molar-refractivity contribution in [3.63, 3.8) is 0 Å². The number of ether oxygens (including phenoxy) is 3. The summed E-state index contributed by atoms with van der Waals surface area (Å²) in [6.07, 6.45) is 1.11. The summed E-state index contributed by atoms with van der Waals surface area (Å²) in [6, 6.07) is 12.3. The van der Waals surface area contributed by atoms with Crippen LogP contribution in [0.15, 0.2) is 48.5 Å². The molecule has 2 N–H and O–H groups in total. The summed E-state index contributed by atoms with van der Waals surface area (Å²) in [5.74, 6) is -1.44. The van der Waals surface area contributed by atoms with Crippen LogP contribution in [0.3, 0.4) is 0 Å². The summed E-state index contributed by atoms with van der Waals surface area (Å²) in [4.78, 5) is 49.6. The molecule has 2 atom stereocenters. The van der Waals surface area contributed by atoms with Gasteiger partial charge in [-0.1, -0.05) is 35.9 Å². The molecular weight excluding hydrogens is 484 g/mol. The zero-order valence-electron chi connectivity index (χ0n) is 18.2. The second-order valence-corrected chi connectivity index (χ2v) is 8.56. The Balaban J connectivity index is 1.51. The maximum absolute atomic E-state index is 12.5. The summed E-state index contributed by atoms with van der Waals surface area (Å²) in [6.45, 7) is -0.771. The molecule has 0 aromatic heterocycles. The Morgan fingerprint density at radius 3 is 2.56 bits per heavy atom. The van der Waals surface area contributed by atoms with Crippen LogP contribution in [0.2, 0.25) is 5.02 Å². The Morgan fingerprint density at radius 2 is 1.82 bits per heavy atom. The van der Waals surface area contributed by atoms with E-state index in [1.165, 1.54) is 17.8 Å². The third kappa shape index (κ3) is 6.88. The normalized spacial score (nSPS) is 15.1. The first-order chi connectivity index (χ1) is 16.4. The minimum atomic E-state index is -1.03. The Kier molecular flexibility index (Phi) is 9.17. The highest BCUT2D eigenvalue weighted by Gasteiger charge is 2.29. The van der Waals surface area contributed by atoms with E-state index in [4.69, 9.17) is 25.8 Å². The minimum absolute atomic E-state index is 0.0687. The molecule has 3 rings (SSSR count). The maximum Gasteiger partial charge on any atom is 0.329 e. The number of halogens is 1. The lowest BCUT2D eigenvalue weighted by atomic mass is 10.1. The van der Waals surface area contributed by atoms with Crippen molar-refractivity contribution < 1.29 is 33.4 Å². The summed E-state index contributed by atoms with van der Waals surface area (Å²) < 4.78 is 16.0. The van der Waals surface area contributed by atoms with Crippen LogP contribution in [0.25, 0.3) is 0 Å². The summed E-state index contributed by atoms with van der Waals surface area (Å²) >= 11 is 7.53. The average Bonchev–Trinajstić information content (AvgIpc) is 2.84. The number of hydrogen-bond donors (Lipinski definition) is 2. The van der Waals surface area contributed by atoms with Gasteiger partial charge in [0.05, 0.1) is 10.6 Å². The molecule has 0 saturated heterocycles. The van der Waals surface area contributed by atoms with Gasteiger partial charge in [0.1, 0.15) is 12.6 Å². The molecule has 2 aromatic carbocycles. The Hall–Kier alpha value is -3.24. The van der Waals surface area contributed by atoms with E-state index in [0.29, 0.717) is 17.3 Å². The highest BCUT2D eigenvalue weighted by atomic mass is 35.5. The van der Waals surface area contributed by atoms with Crippen LogP contribution in [0.4, 0.5) is 0 Å². The van der Waals surface area contributed by atoms with Crippen molar-refractivity contribution in [2.45, 2.75) is 18.6 Å². The number of esters is 1. The lowest BCUT2D eigenvalue weighted by Gasteiger charge is -2.25. The molecular formula is C23H23ClN2O7S. The Bertz CT molecular complexity index is 1070. The fraction of sp³-hybridized carbons (Fsp3) is 0.304. The summed E-state index contributed by atoms with van der Waals surface area (Å²) in [5, 5.41) is 4.95. The molecule has 11 heteroatoms. The molecule has 0 radical (unpaired) electrons. The van der Waals surface area contributed by atoms with E-state index < -0.39 is 42.4 Å². The number of fused-ring (bicyclic) bond motifs is 1. The van der Waals surface area contributed by atoms with Gasteiger partial charge in [-0.2, -0.15) is 11.8 Å². The first-order valence-electron chi connectivity index (χ1n) is 10.3. The van der Waals surface area contributed by atoms with Crippen molar-refractivity contribution in [1.29, 1.82) is 0 Å². The lowest BCUT2D eigenvalue weighted by Crippen LogP contribution is -2.48. The van der Waals surface area contributed by atoms with Crippen molar-refractivity contribution >= 4 is 47.1 Å². The van der Waals surface area contributed by atoms with Crippen molar-refractivity contribution in [2.24, 2.45) is 0 Å². The van der Waals surface area contributed by atoms with Crippen LogP contribution >= 0.6 is 23.4 Å². The highest BCUT2D eigenvalue weighted by Crippen LogP contribution is 2.30. The smallest absolute Gasteiger partial charge is 0.329 e. The molecule has 0 bridgehead atoms. The molecule has 2 aromatic rings. The average molecular weight is 507 g/mol. The Labute approximate surface area is 205 Å². The Morgan fingerprint density at radius 1 is 1.12 bits per heavy atom. The number of carbonyl (C=O) groups is 4. The van der Waals surface area contributed by atoms with Gasteiger partial charge in [-0.3, -0.25) is 19.7 Å². The zero-order chi connectivity index (χ0) is 24.5. The summed E-state index contributed by atoms with van der Waals surface area (Å²) in [5.41, 5.74) is 0.214. The predicted molar refractivity (Wildman–Crippen MR) is 126 cm³/mol. The van der Waals surface area contributed by atoms with Crippen molar-refractivity contribution in [3.05, 3.63) is 59.1 Å². The van der Waals surface area contributed by atoms with Gasteiger partial charge in [-0.25, -0.2) is 4.79 Å². The third-order valence-corrected chi connectivity index (χ3v) is 5.70. The van der Waals surface area contributed by atoms with E-state index in [2.05, 4.69) is 10.6 Å². The number of carbonyl (C=O) groups excluding carboxylic acids is 4. The molecule has 0 unspecified atom stereocenters. The molecule has 34 heavy (non-hydrogen) atoms. The molecule has 0 spiro atoms. The van der Waals surface area contributed by atoms with Gasteiger partial charge >= 0.3 is 5.97 Å². The number of rotatable bonds is 9. The van der Waals surface area contributed by atoms with Crippen molar-refractivity contribution in [3.8, 4) is 11.5 Å². The molecule has 1 aliphatic heterocycles. The molecule has 1 heterocycles. The van der Waals surface area contributed by atoms with Gasteiger partial charge in [0.2, 0.25) is 6.10 Å². The van der Waals surface area contributed by atoms with Gasteiger partial charge in [0.25, 0.3) is 17.7 Å². The number of benzene rings is 2. The van der Waals surface area contributed by atoms with E-state index in [-0.39, 0.29) is 23.6 Å². The number of imide groups is 1. The van der Waals surface area contributed by atoms with Crippen LogP contribution in [0.1, 0.15) is 16.8 Å². The molecule has 0 saturated carbocycles. The zero-order valence-corrected chi connectivity index (χ0v) is 19.8. The predicted octanol–water partition coefficient (Wildman–Crippen LogP) is 2.22. The number of nitrogens with one attached hydrogen (secondary N) is 2. The van der Waals surface area contributed by atoms with Crippen LogP contribution < -0.4 is 20.1 Å². The molecule has 9 nitrogen and oxygen atoms in total. The lowest BCUT2D eigenvalue weighted by molar-refractivity contribution is -0.152. The molecule has 180 valence electrons. The van der Waals surface area contributed by atoms with Gasteiger partial charge in [-0.05, 0) is 42.7 Å². The number of amides is 3. The van der Waals surface area contributed by atoms with Gasteiger partial charge in [-0.15, -0.1) is 0 Å². The van der Waals surface area contributed by atoms with Crippen LogP contribution in [-0.4, -0.2) is 61.1 Å². The quantitative estimate of drug-likeness (QED) is 0.497. The highest BCUT2D eigenvalue weighted by molar-refractivity contribution is 7.98. The van der Waals surface area contributed by atoms with Gasteiger partial charge < -0.3 is 19.5 Å². The monoisotopic (exact) mass is 506 g/mol. The second-order valence-electron chi connectivity index (χ2n) is 7.17. The van der Waals surface area contributed by atoms with Gasteiger partial charge in [0, 0.05) is 0 Å². The standard InChI is InChI=1S/C23H23ClN2O7S/c1-34-11-10-16(25-21(28)14-6-2-3-7-15(14)24)23(30)32-13-20(27)26-22(29)19-12-31-17-8-4-5-9-18(17)33-19/h2-9,16,19H,10-13H2,1H3,(H,25,28)(H,26,27,29)/t16-,19+/m1/s1. The largest absolute Gasteiger partial charge is 0.485 e. The second kappa shape index (κ2) is 12.3. The maximum atomic E-state index is 12.5. The third-order valence-electron chi connectivity index (χ3n) is 4.73. The van der Waals surface area contributed by atoms with E-state index in [9.17, 15) is 19.2 Å². The first kappa shape index (κ1) is 25.4. The summed E-state index contributed by atoms with van der Waals surface area (Å²) in [7, 11) is 0. The number of para-hydroxylation sites is 2. The number of thioether (sulfide) groups is 1. The minimum Gasteiger partial charge on any atom is -0.485 e. The molecule has 0 fully saturated rings. The van der Waals surface area contributed by atoms with Crippen molar-refractivity contribution in [1.82, 2.24) is 10.6 Å². The first-order valence-corrected chi connectivity index (χ1v) is 12.1. The molecule has 1 aliphatic rings.